The normalized spacial score (nSPS) is 32.1. The average Bonchev–Trinajstić information content (AvgIpc) is 2.90. The van der Waals surface area contributed by atoms with Gasteiger partial charge in [-0.2, -0.15) is 0 Å². The fraction of sp³-hybridized carbons (Fsp3) is 0.571. The molecule has 4 heteroatoms. The van der Waals surface area contributed by atoms with Gasteiger partial charge in [0.15, 0.2) is 0 Å². The summed E-state index contributed by atoms with van der Waals surface area (Å²) in [6, 6.07) is 2.28. The van der Waals surface area contributed by atoms with E-state index in [2.05, 4.69) is 16.3 Å². The zero-order chi connectivity index (χ0) is 10.8. The van der Waals surface area contributed by atoms with E-state index in [1.165, 1.54) is 29.7 Å². The molecular formula is C14H18NNoOS-. The van der Waals surface area contributed by atoms with Crippen LogP contribution in [0, 0.1) is 13.3 Å². The number of rotatable bonds is 0. The molecule has 1 saturated heterocycles. The summed E-state index contributed by atoms with van der Waals surface area (Å²) in [6.07, 6.45) is 5.62. The summed E-state index contributed by atoms with van der Waals surface area (Å²) in [4.78, 5) is 15.8. The van der Waals surface area contributed by atoms with Crippen molar-refractivity contribution >= 4 is 17.2 Å². The summed E-state index contributed by atoms with van der Waals surface area (Å²) in [7, 11) is 0. The standard InChI is InChI=1S/C13H15NOS.CH3.No/c15-12-8-9-2-1-5-13(9)10-4-7-16-11(10)3-6-14(12)13;;/h4,7,9H,1-3,5-6,8H2;1H3;/q;-1;. The van der Waals surface area contributed by atoms with E-state index in [0.717, 1.165) is 19.4 Å². The molecule has 2 nitrogen and oxygen atoms in total. The van der Waals surface area contributed by atoms with Gasteiger partial charge in [-0.15, -0.1) is 11.3 Å². The Balaban J connectivity index is 0.000000602. The molecule has 18 heavy (non-hydrogen) atoms. The Hall–Kier alpha value is -1.83. The van der Waals surface area contributed by atoms with Crippen molar-refractivity contribution in [3.63, 3.8) is 0 Å². The van der Waals surface area contributed by atoms with Crippen LogP contribution in [-0.2, 0) is 16.8 Å². The zero-order valence-corrected chi connectivity index (χ0v) is 13.5. The predicted molar refractivity (Wildman–Crippen MR) is 69.8 cm³/mol. The molecule has 2 aliphatic heterocycles. The topological polar surface area (TPSA) is 20.3 Å². The first-order valence-corrected chi connectivity index (χ1v) is 7.07. The maximum atomic E-state index is 12.1. The van der Waals surface area contributed by atoms with Gasteiger partial charge in [0.25, 0.3) is 0 Å². The van der Waals surface area contributed by atoms with Gasteiger partial charge >= 0.3 is 0 Å². The molecule has 3 heterocycles. The number of hydrogen-bond acceptors (Lipinski definition) is 2. The summed E-state index contributed by atoms with van der Waals surface area (Å²) in [5.41, 5.74) is 1.63. The monoisotopic (exact) mass is 507 g/mol. The molecule has 1 saturated carbocycles. The molecular weight excluding hydrogens is 489 g/mol. The molecule has 1 aromatic rings. The third-order valence-electron chi connectivity index (χ3n) is 4.76. The molecule has 0 N–H and O–H groups in total. The van der Waals surface area contributed by atoms with Gasteiger partial charge in [0, 0.05) is 17.8 Å². The van der Waals surface area contributed by atoms with E-state index in [4.69, 9.17) is 0 Å². The Bertz CT molecular complexity index is 472. The van der Waals surface area contributed by atoms with E-state index in [0.29, 0.717) is 11.8 Å². The minimum atomic E-state index is 0. The van der Waals surface area contributed by atoms with Gasteiger partial charge < -0.3 is 12.3 Å². The van der Waals surface area contributed by atoms with Gasteiger partial charge in [-0.25, -0.2) is 0 Å². The second-order valence-electron chi connectivity index (χ2n) is 5.27. The van der Waals surface area contributed by atoms with E-state index in [9.17, 15) is 4.79 Å². The van der Waals surface area contributed by atoms with Gasteiger partial charge in [0.2, 0.25) is 5.91 Å². The number of carbonyl (C=O) groups excluding carboxylic acids is 1. The summed E-state index contributed by atoms with van der Waals surface area (Å²) in [6.45, 7) is 0.961. The average molecular weight is 507 g/mol. The fourth-order valence-electron chi connectivity index (χ4n) is 4.19. The molecule has 2 atom stereocenters. The van der Waals surface area contributed by atoms with Crippen molar-refractivity contribution in [2.24, 2.45) is 5.92 Å². The third-order valence-corrected chi connectivity index (χ3v) is 5.74. The first-order valence-electron chi connectivity index (χ1n) is 6.20. The van der Waals surface area contributed by atoms with Crippen LogP contribution in [0.4, 0.5) is 0 Å². The summed E-state index contributed by atoms with van der Waals surface area (Å²) in [5.74, 6) is 1.01. The molecule has 2 fully saturated rings. The molecule has 0 bridgehead atoms. The number of thiophene rings is 1. The van der Waals surface area contributed by atoms with Crippen molar-refractivity contribution in [1.82, 2.24) is 4.90 Å². The molecule has 3 aliphatic rings. The molecule has 1 spiro atoms. The van der Waals surface area contributed by atoms with E-state index >= 15 is 0 Å². The van der Waals surface area contributed by atoms with E-state index in [1.807, 2.05) is 11.3 Å². The van der Waals surface area contributed by atoms with Crippen LogP contribution < -0.4 is 0 Å². The first-order chi connectivity index (χ1) is 7.82. The van der Waals surface area contributed by atoms with Crippen LogP contribution in [0.5, 0.6) is 0 Å². The number of fused-ring (bicyclic) bond motifs is 1. The Morgan fingerprint density at radius 3 is 3.11 bits per heavy atom. The summed E-state index contributed by atoms with van der Waals surface area (Å²) in [5, 5.41) is 2.21. The number of carbonyl (C=O) groups is 1. The third kappa shape index (κ3) is 1.15. The van der Waals surface area contributed by atoms with Crippen LogP contribution in [0.3, 0.4) is 0 Å². The maximum absolute atomic E-state index is 12.1. The number of amides is 1. The van der Waals surface area contributed by atoms with Crippen molar-refractivity contribution < 1.29 is 4.79 Å². The molecule has 1 aromatic heterocycles. The van der Waals surface area contributed by atoms with Crippen LogP contribution in [0.2, 0.25) is 0 Å². The van der Waals surface area contributed by atoms with Crippen molar-refractivity contribution in [2.75, 3.05) is 6.54 Å². The largest absolute Gasteiger partial charge is 0.358 e. The Kier molecular flexibility index (Phi) is 2.69. The van der Waals surface area contributed by atoms with Crippen LogP contribution in [0.25, 0.3) is 0 Å². The fourth-order valence-corrected chi connectivity index (χ4v) is 5.14. The van der Waals surface area contributed by atoms with Crippen LogP contribution >= 0.6 is 11.3 Å². The second kappa shape index (κ2) is 3.84. The van der Waals surface area contributed by atoms with Gasteiger partial charge in [-0.05, 0) is 42.2 Å². The van der Waals surface area contributed by atoms with E-state index in [-0.39, 0.29) is 13.0 Å². The zero-order valence-electron chi connectivity index (χ0n) is 10.5. The summed E-state index contributed by atoms with van der Waals surface area (Å²) < 4.78 is 0. The quantitative estimate of drug-likeness (QED) is 0.495. The Morgan fingerprint density at radius 2 is 2.28 bits per heavy atom. The van der Waals surface area contributed by atoms with Crippen LogP contribution in [0.1, 0.15) is 36.1 Å². The van der Waals surface area contributed by atoms with Crippen molar-refractivity contribution in [3.05, 3.63) is 29.3 Å². The SMILES string of the molecule is O=C1CC2CCCC23c2ccsc2CCN13.[CH3-].[No]. The minimum Gasteiger partial charge on any atom is -0.358 e. The van der Waals surface area contributed by atoms with Gasteiger partial charge in [0.1, 0.15) is 0 Å². The van der Waals surface area contributed by atoms with Crippen LogP contribution in [-0.4, -0.2) is 17.4 Å². The molecule has 0 radical (unpaired) electrons. The number of nitrogens with zero attached hydrogens (tertiary/aromatic N) is 1. The molecule has 0 aromatic carbocycles. The molecule has 1 amide bonds. The first kappa shape index (κ1) is 12.6. The smallest absolute Gasteiger partial charge is 0.223 e. The second-order valence-corrected chi connectivity index (χ2v) is 6.27. The van der Waals surface area contributed by atoms with E-state index in [1.54, 1.807) is 0 Å². The molecule has 4 rings (SSSR count). The Labute approximate surface area is 107 Å². The maximum Gasteiger partial charge on any atom is 0.223 e. The Morgan fingerprint density at radius 1 is 1.44 bits per heavy atom. The van der Waals surface area contributed by atoms with Crippen molar-refractivity contribution in [2.45, 2.75) is 37.6 Å². The van der Waals surface area contributed by atoms with Crippen molar-refractivity contribution in [3.8, 4) is 0 Å². The number of hydrogen-bond donors (Lipinski definition) is 0. The minimum absolute atomic E-state index is 0. The molecule has 2 unspecified atom stereocenters. The van der Waals surface area contributed by atoms with Crippen LogP contribution in [0.15, 0.2) is 11.4 Å². The van der Waals surface area contributed by atoms with Gasteiger partial charge in [-0.1, -0.05) is 6.42 Å². The molecule has 106 valence electrons. The van der Waals surface area contributed by atoms with E-state index < -0.39 is 0 Å². The predicted octanol–water partition coefficient (Wildman–Crippen LogP) is 2.98. The van der Waals surface area contributed by atoms with Crippen molar-refractivity contribution in [1.29, 1.82) is 0 Å². The van der Waals surface area contributed by atoms with Gasteiger partial charge in [-0.3, -0.25) is 4.79 Å². The summed E-state index contributed by atoms with van der Waals surface area (Å²) >= 11 is 1.88. The van der Waals surface area contributed by atoms with Gasteiger partial charge in [0.05, 0.1) is 5.54 Å². The molecule has 1 aliphatic carbocycles.